The smallest absolute Gasteiger partial charge is 0.0994 e. The molecule has 0 spiro atoms. The lowest BCUT2D eigenvalue weighted by Crippen LogP contribution is -2.24. The van der Waals surface area contributed by atoms with Crippen molar-refractivity contribution in [1.29, 1.82) is 0 Å². The van der Waals surface area contributed by atoms with E-state index < -0.39 is 0 Å². The SMILES string of the molecule is O[C](C1CCCCC1)C1CCCCC1. The zero-order valence-corrected chi connectivity index (χ0v) is 9.17. The fraction of sp³-hybridized carbons (Fsp3) is 0.923. The fourth-order valence-corrected chi connectivity index (χ4v) is 3.13. The summed E-state index contributed by atoms with van der Waals surface area (Å²) in [4.78, 5) is 0. The minimum Gasteiger partial charge on any atom is -0.386 e. The van der Waals surface area contributed by atoms with Gasteiger partial charge in [-0.15, -0.1) is 0 Å². The molecule has 14 heavy (non-hydrogen) atoms. The van der Waals surface area contributed by atoms with Gasteiger partial charge in [-0.05, 0) is 37.5 Å². The van der Waals surface area contributed by atoms with Crippen molar-refractivity contribution < 1.29 is 5.11 Å². The highest BCUT2D eigenvalue weighted by Gasteiger charge is 2.30. The molecule has 1 radical (unpaired) electrons. The monoisotopic (exact) mass is 195 g/mol. The summed E-state index contributed by atoms with van der Waals surface area (Å²) < 4.78 is 0. The van der Waals surface area contributed by atoms with Crippen LogP contribution in [-0.2, 0) is 0 Å². The lowest BCUT2D eigenvalue weighted by atomic mass is 9.75. The molecule has 81 valence electrons. The molecule has 0 unspecified atom stereocenters. The maximum atomic E-state index is 10.2. The largest absolute Gasteiger partial charge is 0.386 e. The molecule has 0 aromatic carbocycles. The van der Waals surface area contributed by atoms with Crippen molar-refractivity contribution in [2.75, 3.05) is 0 Å². The highest BCUT2D eigenvalue weighted by Crippen LogP contribution is 2.39. The van der Waals surface area contributed by atoms with Crippen molar-refractivity contribution in [3.8, 4) is 0 Å². The van der Waals surface area contributed by atoms with Crippen LogP contribution in [0, 0.1) is 17.9 Å². The van der Waals surface area contributed by atoms with E-state index in [-0.39, 0.29) is 0 Å². The van der Waals surface area contributed by atoms with Gasteiger partial charge in [0.1, 0.15) is 0 Å². The van der Waals surface area contributed by atoms with E-state index in [9.17, 15) is 5.11 Å². The molecule has 2 rings (SSSR count). The van der Waals surface area contributed by atoms with Crippen LogP contribution in [0.2, 0.25) is 0 Å². The molecule has 2 aliphatic rings. The Labute approximate surface area is 87.9 Å². The molecular weight excluding hydrogens is 172 g/mol. The second-order valence-corrected chi connectivity index (χ2v) is 5.09. The van der Waals surface area contributed by atoms with Crippen LogP contribution in [0.5, 0.6) is 0 Å². The third kappa shape index (κ3) is 2.50. The van der Waals surface area contributed by atoms with E-state index in [0.29, 0.717) is 11.8 Å². The van der Waals surface area contributed by atoms with E-state index in [4.69, 9.17) is 0 Å². The van der Waals surface area contributed by atoms with Crippen molar-refractivity contribution in [1.82, 2.24) is 0 Å². The molecule has 0 amide bonds. The normalized spacial score (nSPS) is 27.0. The third-order valence-electron chi connectivity index (χ3n) is 4.05. The molecule has 0 saturated heterocycles. The lowest BCUT2D eigenvalue weighted by Gasteiger charge is -2.33. The first kappa shape index (κ1) is 10.5. The van der Waals surface area contributed by atoms with Gasteiger partial charge in [-0.25, -0.2) is 0 Å². The lowest BCUT2D eigenvalue weighted by molar-refractivity contribution is 0.118. The number of hydrogen-bond donors (Lipinski definition) is 1. The van der Waals surface area contributed by atoms with Gasteiger partial charge in [-0.1, -0.05) is 38.5 Å². The Balaban J connectivity index is 1.82. The predicted molar refractivity (Wildman–Crippen MR) is 58.3 cm³/mol. The standard InChI is InChI=1S/C13H23O/c14-13(11-7-3-1-4-8-11)12-9-5-2-6-10-12/h11-12,14H,1-10H2. The Bertz CT molecular complexity index is 137. The highest BCUT2D eigenvalue weighted by molar-refractivity contribution is 4.94. The van der Waals surface area contributed by atoms with Gasteiger partial charge in [0, 0.05) is 0 Å². The van der Waals surface area contributed by atoms with Crippen LogP contribution in [0.15, 0.2) is 0 Å². The van der Waals surface area contributed by atoms with Crippen molar-refractivity contribution in [3.05, 3.63) is 6.10 Å². The summed E-state index contributed by atoms with van der Waals surface area (Å²) in [5, 5.41) is 10.2. The van der Waals surface area contributed by atoms with Crippen LogP contribution >= 0.6 is 0 Å². The average Bonchev–Trinajstić information content (AvgIpc) is 2.30. The molecule has 2 saturated carbocycles. The predicted octanol–water partition coefficient (Wildman–Crippen LogP) is 4.05. The maximum Gasteiger partial charge on any atom is 0.0994 e. The Hall–Kier alpha value is -0.0400. The average molecular weight is 195 g/mol. The van der Waals surface area contributed by atoms with Gasteiger partial charge in [-0.2, -0.15) is 0 Å². The Morgan fingerprint density at radius 3 is 1.36 bits per heavy atom. The fourth-order valence-electron chi connectivity index (χ4n) is 3.13. The number of aliphatic hydroxyl groups excluding tert-OH is 1. The molecule has 2 aliphatic carbocycles. The molecule has 0 bridgehead atoms. The number of rotatable bonds is 2. The van der Waals surface area contributed by atoms with E-state index in [0.717, 1.165) is 6.10 Å². The molecule has 0 atom stereocenters. The molecule has 0 heterocycles. The van der Waals surface area contributed by atoms with Crippen molar-refractivity contribution in [2.45, 2.75) is 64.2 Å². The Morgan fingerprint density at radius 2 is 1.00 bits per heavy atom. The van der Waals surface area contributed by atoms with Crippen LogP contribution in [0.3, 0.4) is 0 Å². The van der Waals surface area contributed by atoms with Gasteiger partial charge in [-0.3, -0.25) is 0 Å². The summed E-state index contributed by atoms with van der Waals surface area (Å²) >= 11 is 0. The molecule has 2 fully saturated rings. The number of aliphatic hydroxyl groups is 1. The quantitative estimate of drug-likeness (QED) is 0.704. The maximum absolute atomic E-state index is 10.2. The van der Waals surface area contributed by atoms with E-state index in [2.05, 4.69) is 0 Å². The molecule has 1 nitrogen and oxygen atoms in total. The van der Waals surface area contributed by atoms with Crippen LogP contribution in [0.4, 0.5) is 0 Å². The van der Waals surface area contributed by atoms with Gasteiger partial charge in [0.05, 0.1) is 6.10 Å². The molecule has 0 aromatic rings. The topological polar surface area (TPSA) is 20.2 Å². The van der Waals surface area contributed by atoms with Crippen LogP contribution in [0.25, 0.3) is 0 Å². The van der Waals surface area contributed by atoms with Gasteiger partial charge < -0.3 is 5.11 Å². The summed E-state index contributed by atoms with van der Waals surface area (Å²) in [6, 6.07) is 0. The summed E-state index contributed by atoms with van der Waals surface area (Å²) in [5.41, 5.74) is 0. The zero-order valence-electron chi connectivity index (χ0n) is 9.17. The summed E-state index contributed by atoms with van der Waals surface area (Å²) in [7, 11) is 0. The van der Waals surface area contributed by atoms with Gasteiger partial charge in [0.25, 0.3) is 0 Å². The summed E-state index contributed by atoms with van der Waals surface area (Å²) in [6.45, 7) is 0. The molecule has 1 N–H and O–H groups in total. The minimum absolute atomic E-state index is 0.562. The van der Waals surface area contributed by atoms with Crippen LogP contribution in [0.1, 0.15) is 64.2 Å². The third-order valence-corrected chi connectivity index (χ3v) is 4.05. The van der Waals surface area contributed by atoms with Crippen molar-refractivity contribution in [2.24, 2.45) is 11.8 Å². The number of hydrogen-bond acceptors (Lipinski definition) is 1. The first-order valence-corrected chi connectivity index (χ1v) is 6.43. The summed E-state index contributed by atoms with van der Waals surface area (Å²) in [6.07, 6.45) is 14.0. The van der Waals surface area contributed by atoms with E-state index in [1.165, 1.54) is 64.2 Å². The van der Waals surface area contributed by atoms with Crippen LogP contribution in [-0.4, -0.2) is 5.11 Å². The first-order chi connectivity index (χ1) is 6.88. The van der Waals surface area contributed by atoms with Gasteiger partial charge in [0.2, 0.25) is 0 Å². The Morgan fingerprint density at radius 1 is 0.643 bits per heavy atom. The molecule has 1 heteroatoms. The van der Waals surface area contributed by atoms with Gasteiger partial charge >= 0.3 is 0 Å². The molecular formula is C13H23O. The van der Waals surface area contributed by atoms with E-state index in [1.807, 2.05) is 0 Å². The van der Waals surface area contributed by atoms with Crippen molar-refractivity contribution in [3.63, 3.8) is 0 Å². The second kappa shape index (κ2) is 5.16. The first-order valence-electron chi connectivity index (χ1n) is 6.43. The van der Waals surface area contributed by atoms with E-state index in [1.54, 1.807) is 0 Å². The van der Waals surface area contributed by atoms with Crippen molar-refractivity contribution >= 4 is 0 Å². The Kier molecular flexibility index (Phi) is 3.86. The summed E-state index contributed by atoms with van der Waals surface area (Å²) in [5.74, 6) is 1.12. The van der Waals surface area contributed by atoms with Gasteiger partial charge in [0.15, 0.2) is 0 Å². The molecule has 0 aliphatic heterocycles. The zero-order chi connectivity index (χ0) is 9.80. The van der Waals surface area contributed by atoms with E-state index >= 15 is 0 Å². The molecule has 0 aromatic heterocycles. The second-order valence-electron chi connectivity index (χ2n) is 5.09. The van der Waals surface area contributed by atoms with Crippen LogP contribution < -0.4 is 0 Å². The minimum atomic E-state index is 0.562. The highest BCUT2D eigenvalue weighted by atomic mass is 16.3.